The average molecular weight is 255 g/mol. The van der Waals surface area contributed by atoms with Gasteiger partial charge in [-0.2, -0.15) is 4.99 Å². The number of rotatable bonds is 3. The summed E-state index contributed by atoms with van der Waals surface area (Å²) in [7, 11) is -3.69. The zero-order chi connectivity index (χ0) is 12.7. The molecule has 6 heteroatoms. The Bertz CT molecular complexity index is 614. The minimum Gasteiger partial charge on any atom is -0.224 e. The molecule has 1 aromatic carbocycles. The first-order chi connectivity index (χ1) is 7.91. The first-order valence-electron chi connectivity index (χ1n) is 4.99. The van der Waals surface area contributed by atoms with Crippen LogP contribution in [0.1, 0.15) is 18.4 Å². The molecule has 0 amide bonds. The van der Waals surface area contributed by atoms with Crippen LogP contribution in [0.15, 0.2) is 28.1 Å². The summed E-state index contributed by atoms with van der Waals surface area (Å²) in [6.07, 6.45) is 3.44. The van der Waals surface area contributed by atoms with Crippen LogP contribution in [0.4, 0.5) is 4.39 Å². The van der Waals surface area contributed by atoms with E-state index >= 15 is 0 Å². The number of hydrogen-bond donors (Lipinski definition) is 0. The molecule has 90 valence electrons. The molecule has 2 rings (SSSR count). The van der Waals surface area contributed by atoms with E-state index < -0.39 is 21.2 Å². The van der Waals surface area contributed by atoms with Gasteiger partial charge in [-0.3, -0.25) is 0 Å². The van der Waals surface area contributed by atoms with Crippen molar-refractivity contribution in [2.24, 2.45) is 4.99 Å². The molecule has 1 fully saturated rings. The van der Waals surface area contributed by atoms with Crippen LogP contribution in [-0.4, -0.2) is 20.8 Å². The minimum absolute atomic E-state index is 0.253. The van der Waals surface area contributed by atoms with E-state index in [9.17, 15) is 17.6 Å². The Hall–Kier alpha value is -1.52. The molecule has 0 N–H and O–H groups in total. The lowest BCUT2D eigenvalue weighted by Crippen LogP contribution is -2.12. The van der Waals surface area contributed by atoms with Gasteiger partial charge in [0.05, 0.1) is 5.54 Å². The number of hydrogen-bond acceptors (Lipinski definition) is 4. The number of halogens is 1. The molecule has 0 spiro atoms. The number of benzene rings is 1. The summed E-state index contributed by atoms with van der Waals surface area (Å²) >= 11 is 0. The van der Waals surface area contributed by atoms with Crippen molar-refractivity contribution >= 4 is 15.9 Å². The molecule has 0 heterocycles. The molecule has 0 aromatic heterocycles. The van der Waals surface area contributed by atoms with Crippen LogP contribution >= 0.6 is 0 Å². The van der Waals surface area contributed by atoms with Crippen molar-refractivity contribution in [2.45, 2.75) is 23.3 Å². The van der Waals surface area contributed by atoms with Gasteiger partial charge in [-0.15, -0.1) is 0 Å². The predicted octanol–water partition coefficient (Wildman–Crippen LogP) is 1.55. The summed E-state index contributed by atoms with van der Waals surface area (Å²) in [5.74, 6) is -0.808. The van der Waals surface area contributed by atoms with Crippen molar-refractivity contribution in [1.29, 1.82) is 0 Å². The monoisotopic (exact) mass is 255 g/mol. The van der Waals surface area contributed by atoms with Gasteiger partial charge in [0.1, 0.15) is 10.7 Å². The van der Waals surface area contributed by atoms with E-state index in [1.165, 1.54) is 18.2 Å². The van der Waals surface area contributed by atoms with E-state index in [4.69, 9.17) is 0 Å². The topological polar surface area (TPSA) is 63.6 Å². The smallest absolute Gasteiger partial charge is 0.224 e. The Morgan fingerprint density at radius 1 is 1.41 bits per heavy atom. The molecule has 0 atom stereocenters. The van der Waals surface area contributed by atoms with Crippen LogP contribution in [0.3, 0.4) is 0 Å². The van der Waals surface area contributed by atoms with E-state index in [2.05, 4.69) is 4.99 Å². The molecule has 0 aliphatic heterocycles. The second-order valence-corrected chi connectivity index (χ2v) is 6.08. The number of isocyanates is 1. The Morgan fingerprint density at radius 3 is 2.53 bits per heavy atom. The van der Waals surface area contributed by atoms with Crippen molar-refractivity contribution in [3.63, 3.8) is 0 Å². The number of aliphatic imine (C=N–C) groups is 1. The molecule has 0 radical (unpaired) electrons. The molecule has 1 aromatic rings. The van der Waals surface area contributed by atoms with E-state index in [0.29, 0.717) is 12.8 Å². The minimum atomic E-state index is -3.69. The van der Waals surface area contributed by atoms with Crippen LogP contribution in [0.25, 0.3) is 0 Å². The molecule has 0 saturated heterocycles. The molecule has 1 aliphatic rings. The fourth-order valence-corrected chi connectivity index (χ4v) is 2.98. The maximum Gasteiger partial charge on any atom is 0.235 e. The van der Waals surface area contributed by atoms with Crippen molar-refractivity contribution in [2.75, 3.05) is 6.26 Å². The van der Waals surface area contributed by atoms with E-state index in [0.717, 1.165) is 12.3 Å². The second kappa shape index (κ2) is 3.75. The van der Waals surface area contributed by atoms with Gasteiger partial charge < -0.3 is 0 Å². The second-order valence-electron chi connectivity index (χ2n) is 4.12. The van der Waals surface area contributed by atoms with Gasteiger partial charge in [0.25, 0.3) is 0 Å². The Morgan fingerprint density at radius 2 is 2.06 bits per heavy atom. The fourth-order valence-electron chi connectivity index (χ4n) is 1.90. The van der Waals surface area contributed by atoms with Gasteiger partial charge >= 0.3 is 0 Å². The van der Waals surface area contributed by atoms with Crippen molar-refractivity contribution < 1.29 is 17.6 Å². The third-order valence-corrected chi connectivity index (χ3v) is 3.98. The molecule has 0 bridgehead atoms. The standard InChI is InChI=1S/C11H10FNO3S/c1-17(15,16)10-8(3-2-4-9(10)12)11(5-6-11)13-7-14/h2-4H,5-6H2,1H3. The van der Waals surface area contributed by atoms with Crippen molar-refractivity contribution in [3.8, 4) is 0 Å². The first kappa shape index (κ1) is 12.0. The van der Waals surface area contributed by atoms with Crippen molar-refractivity contribution in [3.05, 3.63) is 29.6 Å². The number of carbonyl (C=O) groups excluding carboxylic acids is 1. The zero-order valence-electron chi connectivity index (χ0n) is 9.10. The highest BCUT2D eigenvalue weighted by Crippen LogP contribution is 2.51. The van der Waals surface area contributed by atoms with Gasteiger partial charge in [-0.05, 0) is 18.9 Å². The van der Waals surface area contributed by atoms with Gasteiger partial charge in [-0.1, -0.05) is 12.1 Å². The van der Waals surface area contributed by atoms with E-state index in [1.54, 1.807) is 0 Å². The lowest BCUT2D eigenvalue weighted by molar-refractivity contribution is 0.544. The van der Waals surface area contributed by atoms with Crippen LogP contribution < -0.4 is 0 Å². The molecular formula is C11H10FNO3S. The normalized spacial score (nSPS) is 17.3. The molecule has 17 heavy (non-hydrogen) atoms. The quantitative estimate of drug-likeness (QED) is 0.608. The molecule has 4 nitrogen and oxygen atoms in total. The third-order valence-electron chi connectivity index (χ3n) is 2.82. The van der Waals surface area contributed by atoms with E-state index in [1.807, 2.05) is 0 Å². The van der Waals surface area contributed by atoms with Gasteiger partial charge in [0, 0.05) is 11.8 Å². The summed E-state index contributed by atoms with van der Waals surface area (Å²) in [5.41, 5.74) is -0.634. The Labute approximate surface area is 98.1 Å². The van der Waals surface area contributed by atoms with Gasteiger partial charge in [-0.25, -0.2) is 17.6 Å². The highest BCUT2D eigenvalue weighted by Gasteiger charge is 2.48. The predicted molar refractivity (Wildman–Crippen MR) is 58.5 cm³/mol. The molecule has 1 aliphatic carbocycles. The molecule has 1 saturated carbocycles. The molecule has 0 unspecified atom stereocenters. The maximum atomic E-state index is 13.6. The molecular weight excluding hydrogens is 245 g/mol. The van der Waals surface area contributed by atoms with Crippen LogP contribution in [0.2, 0.25) is 0 Å². The maximum absolute atomic E-state index is 13.6. The van der Waals surface area contributed by atoms with Crippen molar-refractivity contribution in [1.82, 2.24) is 0 Å². The summed E-state index contributed by atoms with van der Waals surface area (Å²) in [4.78, 5) is 13.6. The number of sulfone groups is 1. The summed E-state index contributed by atoms with van der Waals surface area (Å²) in [6, 6.07) is 3.99. The highest BCUT2D eigenvalue weighted by molar-refractivity contribution is 7.90. The van der Waals surface area contributed by atoms with Crippen LogP contribution in [-0.2, 0) is 20.2 Å². The average Bonchev–Trinajstić information content (AvgIpc) is 2.97. The van der Waals surface area contributed by atoms with Gasteiger partial charge in [0.2, 0.25) is 6.08 Å². The van der Waals surface area contributed by atoms with Crippen LogP contribution in [0, 0.1) is 5.82 Å². The van der Waals surface area contributed by atoms with Gasteiger partial charge in [0.15, 0.2) is 9.84 Å². The lowest BCUT2D eigenvalue weighted by atomic mass is 10.1. The summed E-state index contributed by atoms with van der Waals surface area (Å²) in [5, 5.41) is 0. The largest absolute Gasteiger partial charge is 0.235 e. The summed E-state index contributed by atoms with van der Waals surface area (Å²) in [6.45, 7) is 0. The van der Waals surface area contributed by atoms with E-state index in [-0.39, 0.29) is 10.5 Å². The highest BCUT2D eigenvalue weighted by atomic mass is 32.2. The zero-order valence-corrected chi connectivity index (χ0v) is 9.92. The number of nitrogens with zero attached hydrogens (tertiary/aromatic N) is 1. The SMILES string of the molecule is CS(=O)(=O)c1c(F)cccc1C1(N=C=O)CC1. The summed E-state index contributed by atoms with van der Waals surface area (Å²) < 4.78 is 36.8. The van der Waals surface area contributed by atoms with Crippen LogP contribution in [0.5, 0.6) is 0 Å². The fraction of sp³-hybridized carbons (Fsp3) is 0.364. The first-order valence-corrected chi connectivity index (χ1v) is 6.88. The third kappa shape index (κ3) is 2.01. The Kier molecular flexibility index (Phi) is 2.64. The Balaban J connectivity index is 2.72. The lowest BCUT2D eigenvalue weighted by Gasteiger charge is -2.13.